The number of carboxylic acids is 1. The number of imidazole rings is 1. The molecule has 1 atom stereocenters. The fourth-order valence-corrected chi connectivity index (χ4v) is 3.38. The van der Waals surface area contributed by atoms with Crippen LogP contribution in [0.2, 0.25) is 0 Å². The first-order valence-corrected chi connectivity index (χ1v) is 7.99. The Labute approximate surface area is 135 Å². The summed E-state index contributed by atoms with van der Waals surface area (Å²) >= 11 is 0. The number of hydrogen-bond donors (Lipinski definition) is 1. The maximum atomic E-state index is 11.5. The van der Waals surface area contributed by atoms with Gasteiger partial charge in [0.15, 0.2) is 5.69 Å². The highest BCUT2D eigenvalue weighted by Crippen LogP contribution is 2.27. The van der Waals surface area contributed by atoms with E-state index >= 15 is 0 Å². The lowest BCUT2D eigenvalue weighted by atomic mass is 9.90. The number of likely N-dealkylation sites (N-methyl/N-ethyl adjacent to an activating group) is 1. The standard InChI is InChI=1S/C16H23N5O2/c1-4-21-13-6-5-11(9-12(13)15(18-21)16(22)23)20(3)10-14-17-7-8-19(14)2/h7-8,11H,4-6,9-10H2,1-3H3,(H,22,23)/t11-/m0/s1. The molecule has 0 aromatic carbocycles. The van der Waals surface area contributed by atoms with Gasteiger partial charge in [0.05, 0.1) is 6.54 Å². The summed E-state index contributed by atoms with van der Waals surface area (Å²) in [4.78, 5) is 18.1. The van der Waals surface area contributed by atoms with Crippen molar-refractivity contribution in [3.63, 3.8) is 0 Å². The molecule has 2 aromatic heterocycles. The molecule has 1 aliphatic rings. The molecule has 0 saturated heterocycles. The van der Waals surface area contributed by atoms with Gasteiger partial charge in [-0.05, 0) is 33.2 Å². The van der Waals surface area contributed by atoms with Crippen LogP contribution < -0.4 is 0 Å². The molecule has 1 aliphatic carbocycles. The Hall–Kier alpha value is -2.15. The van der Waals surface area contributed by atoms with E-state index in [1.54, 1.807) is 6.20 Å². The molecule has 0 amide bonds. The first-order valence-electron chi connectivity index (χ1n) is 7.99. The van der Waals surface area contributed by atoms with Crippen molar-refractivity contribution in [1.82, 2.24) is 24.2 Å². The van der Waals surface area contributed by atoms with Gasteiger partial charge >= 0.3 is 5.97 Å². The van der Waals surface area contributed by atoms with Crippen molar-refractivity contribution in [2.45, 2.75) is 45.3 Å². The van der Waals surface area contributed by atoms with Gasteiger partial charge in [0, 0.05) is 43.3 Å². The zero-order valence-corrected chi connectivity index (χ0v) is 13.9. The lowest BCUT2D eigenvalue weighted by Gasteiger charge is -2.31. The van der Waals surface area contributed by atoms with E-state index in [9.17, 15) is 9.90 Å². The molecule has 0 saturated carbocycles. The zero-order chi connectivity index (χ0) is 16.6. The largest absolute Gasteiger partial charge is 0.476 e. The first-order chi connectivity index (χ1) is 11.0. The molecule has 1 N–H and O–H groups in total. The minimum absolute atomic E-state index is 0.219. The summed E-state index contributed by atoms with van der Waals surface area (Å²) in [7, 11) is 4.07. The van der Waals surface area contributed by atoms with Crippen LogP contribution >= 0.6 is 0 Å². The third-order valence-corrected chi connectivity index (χ3v) is 4.76. The molecular formula is C16H23N5O2. The van der Waals surface area contributed by atoms with Gasteiger partial charge in [-0.2, -0.15) is 5.10 Å². The summed E-state index contributed by atoms with van der Waals surface area (Å²) in [5.74, 6) is 0.0851. The van der Waals surface area contributed by atoms with Gasteiger partial charge in [0.1, 0.15) is 5.82 Å². The maximum Gasteiger partial charge on any atom is 0.356 e. The molecule has 3 rings (SSSR count). The number of fused-ring (bicyclic) bond motifs is 1. The molecule has 0 spiro atoms. The van der Waals surface area contributed by atoms with Crippen LogP contribution in [0.25, 0.3) is 0 Å². The average molecular weight is 317 g/mol. The Morgan fingerprint density at radius 2 is 2.30 bits per heavy atom. The molecule has 0 bridgehead atoms. The normalized spacial score (nSPS) is 17.5. The summed E-state index contributed by atoms with van der Waals surface area (Å²) < 4.78 is 3.86. The van der Waals surface area contributed by atoms with Crippen molar-refractivity contribution in [1.29, 1.82) is 0 Å². The summed E-state index contributed by atoms with van der Waals surface area (Å²) in [6.07, 6.45) is 6.36. The average Bonchev–Trinajstić information content (AvgIpc) is 3.10. The van der Waals surface area contributed by atoms with Crippen LogP contribution in [0, 0.1) is 0 Å². The van der Waals surface area contributed by atoms with E-state index in [2.05, 4.69) is 22.0 Å². The van der Waals surface area contributed by atoms with Crippen molar-refractivity contribution in [3.05, 3.63) is 35.2 Å². The van der Waals surface area contributed by atoms with Crippen LogP contribution in [-0.2, 0) is 33.0 Å². The number of hydrogen-bond acceptors (Lipinski definition) is 4. The summed E-state index contributed by atoms with van der Waals surface area (Å²) in [5.41, 5.74) is 2.21. The minimum Gasteiger partial charge on any atom is -0.476 e. The Kier molecular flexibility index (Phi) is 4.21. The number of aromatic carboxylic acids is 1. The number of carboxylic acid groups (broad SMARTS) is 1. The van der Waals surface area contributed by atoms with Gasteiger partial charge in [-0.3, -0.25) is 9.58 Å². The molecular weight excluding hydrogens is 294 g/mol. The van der Waals surface area contributed by atoms with Crippen molar-refractivity contribution < 1.29 is 9.90 Å². The molecule has 0 fully saturated rings. The smallest absolute Gasteiger partial charge is 0.356 e. The van der Waals surface area contributed by atoms with Crippen LogP contribution in [0.4, 0.5) is 0 Å². The SMILES string of the molecule is CCn1nc(C(=O)O)c2c1CC[C@H](N(C)Cc1nccn1C)C2. The van der Waals surface area contributed by atoms with E-state index in [4.69, 9.17) is 0 Å². The number of rotatable bonds is 5. The summed E-state index contributed by atoms with van der Waals surface area (Å²) in [6.45, 7) is 3.47. The third-order valence-electron chi connectivity index (χ3n) is 4.76. The van der Waals surface area contributed by atoms with E-state index < -0.39 is 5.97 Å². The zero-order valence-electron chi connectivity index (χ0n) is 13.9. The second-order valence-corrected chi connectivity index (χ2v) is 6.16. The Balaban J connectivity index is 1.80. The molecule has 2 aromatic rings. The van der Waals surface area contributed by atoms with Crippen LogP contribution in [0.15, 0.2) is 12.4 Å². The van der Waals surface area contributed by atoms with Gasteiger partial charge in [-0.15, -0.1) is 0 Å². The van der Waals surface area contributed by atoms with Gasteiger partial charge in [-0.25, -0.2) is 9.78 Å². The number of nitrogens with zero attached hydrogens (tertiary/aromatic N) is 5. The van der Waals surface area contributed by atoms with Crippen LogP contribution in [-0.4, -0.2) is 48.4 Å². The molecule has 0 radical (unpaired) electrons. The quantitative estimate of drug-likeness (QED) is 0.900. The molecule has 23 heavy (non-hydrogen) atoms. The molecule has 7 nitrogen and oxygen atoms in total. The monoisotopic (exact) mass is 317 g/mol. The van der Waals surface area contributed by atoms with Crippen molar-refractivity contribution in [3.8, 4) is 0 Å². The third kappa shape index (κ3) is 2.88. The highest BCUT2D eigenvalue weighted by atomic mass is 16.4. The van der Waals surface area contributed by atoms with E-state index in [0.29, 0.717) is 12.6 Å². The number of carbonyl (C=O) groups is 1. The Bertz CT molecular complexity index is 718. The highest BCUT2D eigenvalue weighted by Gasteiger charge is 2.30. The van der Waals surface area contributed by atoms with E-state index in [0.717, 1.165) is 42.9 Å². The number of aromatic nitrogens is 4. The number of aryl methyl sites for hydroxylation is 2. The second-order valence-electron chi connectivity index (χ2n) is 6.16. The lowest BCUT2D eigenvalue weighted by molar-refractivity contribution is 0.0687. The van der Waals surface area contributed by atoms with Crippen LogP contribution in [0.3, 0.4) is 0 Å². The molecule has 2 heterocycles. The van der Waals surface area contributed by atoms with Crippen molar-refractivity contribution in [2.24, 2.45) is 7.05 Å². The maximum absolute atomic E-state index is 11.5. The first kappa shape index (κ1) is 15.7. The molecule has 0 unspecified atom stereocenters. The lowest BCUT2D eigenvalue weighted by Crippen LogP contribution is -2.37. The summed E-state index contributed by atoms with van der Waals surface area (Å²) in [5, 5.41) is 13.7. The topological polar surface area (TPSA) is 76.2 Å². The fraction of sp³-hybridized carbons (Fsp3) is 0.562. The fourth-order valence-electron chi connectivity index (χ4n) is 3.38. The van der Waals surface area contributed by atoms with Gasteiger partial charge < -0.3 is 9.67 Å². The van der Waals surface area contributed by atoms with Crippen LogP contribution in [0.5, 0.6) is 0 Å². The highest BCUT2D eigenvalue weighted by molar-refractivity contribution is 5.87. The molecule has 7 heteroatoms. The van der Waals surface area contributed by atoms with Crippen molar-refractivity contribution in [2.75, 3.05) is 7.05 Å². The van der Waals surface area contributed by atoms with Gasteiger partial charge in [0.25, 0.3) is 0 Å². The Morgan fingerprint density at radius 3 is 2.91 bits per heavy atom. The van der Waals surface area contributed by atoms with Crippen LogP contribution in [0.1, 0.15) is 40.9 Å². The van der Waals surface area contributed by atoms with Gasteiger partial charge in [-0.1, -0.05) is 0 Å². The predicted octanol–water partition coefficient (Wildman–Crippen LogP) is 1.32. The Morgan fingerprint density at radius 1 is 1.52 bits per heavy atom. The predicted molar refractivity (Wildman–Crippen MR) is 85.3 cm³/mol. The van der Waals surface area contributed by atoms with E-state index in [-0.39, 0.29) is 5.69 Å². The van der Waals surface area contributed by atoms with Gasteiger partial charge in [0.2, 0.25) is 0 Å². The van der Waals surface area contributed by atoms with E-state index in [1.165, 1.54) is 0 Å². The van der Waals surface area contributed by atoms with Crippen molar-refractivity contribution >= 4 is 5.97 Å². The van der Waals surface area contributed by atoms with E-state index in [1.807, 2.05) is 29.4 Å². The molecule has 0 aliphatic heterocycles. The molecule has 124 valence electrons. The summed E-state index contributed by atoms with van der Waals surface area (Å²) in [6, 6.07) is 0.312. The second kappa shape index (κ2) is 6.16. The minimum atomic E-state index is -0.930.